The van der Waals surface area contributed by atoms with E-state index in [2.05, 4.69) is 5.32 Å². The molecule has 0 amide bonds. The summed E-state index contributed by atoms with van der Waals surface area (Å²) in [7, 11) is 0. The Kier molecular flexibility index (Phi) is 4.71. The smallest absolute Gasteiger partial charge is 0.390 e. The van der Waals surface area contributed by atoms with E-state index in [1.54, 1.807) is 0 Å². The Morgan fingerprint density at radius 1 is 1.12 bits per heavy atom. The van der Waals surface area contributed by atoms with Gasteiger partial charge in [0, 0.05) is 6.04 Å². The first-order valence-electron chi connectivity index (χ1n) is 5.53. The fraction of sp³-hybridized carbons (Fsp3) is 1.00. The van der Waals surface area contributed by atoms with Gasteiger partial charge in [-0.15, -0.1) is 0 Å². The Bertz CT molecular complexity index is 243. The van der Waals surface area contributed by atoms with Crippen LogP contribution in [-0.2, 0) is 0 Å². The predicted molar refractivity (Wildman–Crippen MR) is 51.8 cm³/mol. The van der Waals surface area contributed by atoms with Crippen LogP contribution >= 0.6 is 0 Å². The number of rotatable bonds is 4. The van der Waals surface area contributed by atoms with E-state index in [4.69, 9.17) is 5.11 Å². The minimum absolute atomic E-state index is 0.0675. The first-order valence-corrected chi connectivity index (χ1v) is 5.53. The van der Waals surface area contributed by atoms with Gasteiger partial charge < -0.3 is 10.4 Å². The molecule has 2 N–H and O–H groups in total. The molecule has 1 aliphatic rings. The molecule has 17 heavy (non-hydrogen) atoms. The maximum absolute atomic E-state index is 12.7. The van der Waals surface area contributed by atoms with Gasteiger partial charge in [0.2, 0.25) is 0 Å². The molecule has 0 saturated heterocycles. The third-order valence-electron chi connectivity index (χ3n) is 3.02. The molecule has 0 aliphatic heterocycles. The number of aliphatic hydroxyl groups is 1. The van der Waals surface area contributed by atoms with E-state index in [0.29, 0.717) is 12.8 Å². The molecule has 1 aliphatic carbocycles. The minimum Gasteiger partial charge on any atom is -0.390 e. The molecular formula is C10H16F5NO. The van der Waals surface area contributed by atoms with Crippen LogP contribution < -0.4 is 5.32 Å². The Morgan fingerprint density at radius 3 is 2.29 bits per heavy atom. The number of aliphatic hydroxyl groups excluding tert-OH is 1. The third-order valence-corrected chi connectivity index (χ3v) is 3.02. The molecule has 1 fully saturated rings. The maximum Gasteiger partial charge on any atom is 0.391 e. The quantitative estimate of drug-likeness (QED) is 0.761. The Hall–Kier alpha value is -0.430. The second kappa shape index (κ2) is 5.48. The van der Waals surface area contributed by atoms with Crippen molar-refractivity contribution in [3.8, 4) is 0 Å². The average Bonchev–Trinajstić information content (AvgIpc) is 2.26. The van der Waals surface area contributed by atoms with E-state index in [0.717, 1.165) is 0 Å². The van der Waals surface area contributed by atoms with Gasteiger partial charge in [-0.05, 0) is 19.3 Å². The molecule has 0 bridgehead atoms. The summed E-state index contributed by atoms with van der Waals surface area (Å²) in [5.41, 5.74) is 0. The van der Waals surface area contributed by atoms with Gasteiger partial charge in [-0.1, -0.05) is 6.42 Å². The van der Waals surface area contributed by atoms with Gasteiger partial charge in [-0.2, -0.15) is 13.2 Å². The highest BCUT2D eigenvalue weighted by molar-refractivity contribution is 4.83. The highest BCUT2D eigenvalue weighted by Crippen LogP contribution is 2.37. The van der Waals surface area contributed by atoms with Crippen molar-refractivity contribution in [3.05, 3.63) is 0 Å². The minimum atomic E-state index is -4.25. The van der Waals surface area contributed by atoms with E-state index >= 15 is 0 Å². The fourth-order valence-corrected chi connectivity index (χ4v) is 2.02. The average molecular weight is 261 g/mol. The molecule has 0 heterocycles. The van der Waals surface area contributed by atoms with E-state index in [1.807, 2.05) is 0 Å². The standard InChI is InChI=1S/C10H16F5NO/c11-9(12,6-17)5-16-8-3-1-2-7(4-8)10(13,14)15/h7-8,16-17H,1-6H2. The van der Waals surface area contributed by atoms with Crippen LogP contribution in [0, 0.1) is 5.92 Å². The van der Waals surface area contributed by atoms with Gasteiger partial charge in [-0.25, -0.2) is 8.78 Å². The molecule has 2 atom stereocenters. The van der Waals surface area contributed by atoms with Crippen LogP contribution in [-0.4, -0.2) is 36.4 Å². The summed E-state index contributed by atoms with van der Waals surface area (Å²) < 4.78 is 62.7. The summed E-state index contributed by atoms with van der Waals surface area (Å²) in [6.07, 6.45) is -3.50. The van der Waals surface area contributed by atoms with Crippen LogP contribution in [0.2, 0.25) is 0 Å². The summed E-state index contributed by atoms with van der Waals surface area (Å²) in [6, 6.07) is -0.548. The van der Waals surface area contributed by atoms with Crippen LogP contribution in [0.3, 0.4) is 0 Å². The monoisotopic (exact) mass is 261 g/mol. The summed E-state index contributed by atoms with van der Waals surface area (Å²) in [5.74, 6) is -4.68. The lowest BCUT2D eigenvalue weighted by atomic mass is 9.85. The highest BCUT2D eigenvalue weighted by atomic mass is 19.4. The molecule has 0 aromatic carbocycles. The van der Waals surface area contributed by atoms with Crippen molar-refractivity contribution in [2.45, 2.75) is 43.8 Å². The van der Waals surface area contributed by atoms with Crippen molar-refractivity contribution >= 4 is 0 Å². The van der Waals surface area contributed by atoms with Crippen molar-refractivity contribution < 1.29 is 27.1 Å². The zero-order chi connectivity index (χ0) is 13.1. The Balaban J connectivity index is 2.40. The van der Waals surface area contributed by atoms with Crippen LogP contribution in [0.25, 0.3) is 0 Å². The molecule has 1 saturated carbocycles. The second-order valence-corrected chi connectivity index (χ2v) is 4.50. The number of hydrogen-bond donors (Lipinski definition) is 2. The van der Waals surface area contributed by atoms with Crippen LogP contribution in [0.15, 0.2) is 0 Å². The van der Waals surface area contributed by atoms with E-state index < -0.39 is 37.2 Å². The van der Waals surface area contributed by atoms with E-state index in [-0.39, 0.29) is 12.8 Å². The van der Waals surface area contributed by atoms with E-state index in [9.17, 15) is 22.0 Å². The summed E-state index contributed by atoms with van der Waals surface area (Å²) >= 11 is 0. The largest absolute Gasteiger partial charge is 0.391 e. The van der Waals surface area contributed by atoms with Crippen molar-refractivity contribution in [1.29, 1.82) is 0 Å². The van der Waals surface area contributed by atoms with Crippen LogP contribution in [0.5, 0.6) is 0 Å². The first-order chi connectivity index (χ1) is 7.74. The van der Waals surface area contributed by atoms with Gasteiger partial charge in [0.25, 0.3) is 5.92 Å². The first kappa shape index (κ1) is 14.6. The van der Waals surface area contributed by atoms with Gasteiger partial charge in [0.05, 0.1) is 12.5 Å². The van der Waals surface area contributed by atoms with Crippen molar-refractivity contribution in [2.24, 2.45) is 5.92 Å². The number of hydrogen-bond acceptors (Lipinski definition) is 2. The molecule has 0 aromatic rings. The Labute approximate surface area is 96.2 Å². The molecule has 102 valence electrons. The molecule has 7 heteroatoms. The molecular weight excluding hydrogens is 245 g/mol. The summed E-state index contributed by atoms with van der Waals surface area (Å²) in [5, 5.41) is 10.7. The molecule has 0 radical (unpaired) electrons. The molecule has 2 unspecified atom stereocenters. The van der Waals surface area contributed by atoms with Crippen molar-refractivity contribution in [1.82, 2.24) is 5.32 Å². The normalized spacial score (nSPS) is 27.2. The predicted octanol–water partition coefficient (Wildman–Crippen LogP) is 2.32. The van der Waals surface area contributed by atoms with Gasteiger partial charge in [-0.3, -0.25) is 0 Å². The van der Waals surface area contributed by atoms with Crippen molar-refractivity contribution in [3.63, 3.8) is 0 Å². The number of alkyl halides is 5. The zero-order valence-corrected chi connectivity index (χ0v) is 9.23. The van der Waals surface area contributed by atoms with Crippen LogP contribution in [0.4, 0.5) is 22.0 Å². The Morgan fingerprint density at radius 2 is 1.76 bits per heavy atom. The maximum atomic E-state index is 12.7. The lowest BCUT2D eigenvalue weighted by Gasteiger charge is -2.31. The van der Waals surface area contributed by atoms with Gasteiger partial charge in [0.1, 0.15) is 6.61 Å². The van der Waals surface area contributed by atoms with Crippen molar-refractivity contribution in [2.75, 3.05) is 13.2 Å². The number of nitrogens with one attached hydrogen (secondary N) is 1. The number of halogens is 5. The van der Waals surface area contributed by atoms with E-state index in [1.165, 1.54) is 0 Å². The van der Waals surface area contributed by atoms with Gasteiger partial charge in [0.15, 0.2) is 0 Å². The summed E-state index contributed by atoms with van der Waals surface area (Å²) in [4.78, 5) is 0. The summed E-state index contributed by atoms with van der Waals surface area (Å²) in [6.45, 7) is -2.08. The topological polar surface area (TPSA) is 32.3 Å². The SMILES string of the molecule is OCC(F)(F)CNC1CCCC(C(F)(F)F)C1. The zero-order valence-electron chi connectivity index (χ0n) is 9.23. The molecule has 0 aromatic heterocycles. The van der Waals surface area contributed by atoms with Crippen LogP contribution in [0.1, 0.15) is 25.7 Å². The molecule has 1 rings (SSSR count). The highest BCUT2D eigenvalue weighted by Gasteiger charge is 2.42. The lowest BCUT2D eigenvalue weighted by Crippen LogP contribution is -2.44. The van der Waals surface area contributed by atoms with Gasteiger partial charge >= 0.3 is 6.18 Å². The molecule has 2 nitrogen and oxygen atoms in total. The lowest BCUT2D eigenvalue weighted by molar-refractivity contribution is -0.184. The second-order valence-electron chi connectivity index (χ2n) is 4.50. The fourth-order valence-electron chi connectivity index (χ4n) is 2.02. The molecule has 0 spiro atoms. The third kappa shape index (κ3) is 4.75.